The number of benzene rings is 4. The fourth-order valence-electron chi connectivity index (χ4n) is 7.45. The third kappa shape index (κ3) is 17.9. The Labute approximate surface area is 372 Å². The number of methoxy groups -OCH3 is 2. The number of fused-ring (bicyclic) bond motifs is 2. The fraction of sp³-hybridized carbons (Fsp3) is 0.510. The highest BCUT2D eigenvalue weighted by Gasteiger charge is 2.23. The smallest absolute Gasteiger partial charge is 0.316 e. The van der Waals surface area contributed by atoms with Crippen LogP contribution in [0.4, 0.5) is 0 Å². The molecule has 5 atom stereocenters. The Morgan fingerprint density at radius 1 is 0.556 bits per heavy atom. The maximum Gasteiger partial charge on any atom is 0.316 e. The highest BCUT2D eigenvalue weighted by atomic mass is 16.7. The summed E-state index contributed by atoms with van der Waals surface area (Å²) < 4.78 is 31.3. The van der Waals surface area contributed by atoms with E-state index in [0.29, 0.717) is 30.6 Å². The zero-order valence-corrected chi connectivity index (χ0v) is 38.8. The predicted octanol–water partition coefficient (Wildman–Crippen LogP) is 11.1. The number of hydrogen-bond donors (Lipinski definition) is 1. The third-order valence-corrected chi connectivity index (χ3v) is 11.0. The van der Waals surface area contributed by atoms with Crippen LogP contribution < -0.4 is 9.47 Å². The molecule has 4 rings (SSSR count). The topological polar surface area (TPSA) is 161 Å². The van der Waals surface area contributed by atoms with E-state index in [0.717, 1.165) is 69.9 Å². The van der Waals surface area contributed by atoms with Gasteiger partial charge in [0.05, 0.1) is 26.1 Å². The molecule has 0 aliphatic heterocycles. The molecule has 0 saturated heterocycles. The highest BCUT2D eigenvalue weighted by molar-refractivity contribution is 5.88. The first-order valence-corrected chi connectivity index (χ1v) is 22.0. The van der Waals surface area contributed by atoms with E-state index in [2.05, 4.69) is 20.8 Å². The number of esters is 4. The van der Waals surface area contributed by atoms with Gasteiger partial charge in [0, 0.05) is 26.2 Å². The second-order valence-corrected chi connectivity index (χ2v) is 17.1. The van der Waals surface area contributed by atoms with Crippen LogP contribution in [0.2, 0.25) is 0 Å². The maximum atomic E-state index is 12.6. The normalized spacial score (nSPS) is 13.5. The van der Waals surface area contributed by atoms with Gasteiger partial charge in [0.1, 0.15) is 11.5 Å². The average molecular weight is 873 g/mol. The minimum absolute atomic E-state index is 0.0243. The molecule has 12 heteroatoms. The van der Waals surface area contributed by atoms with Gasteiger partial charge in [-0.05, 0) is 120 Å². The molecule has 4 aromatic rings. The molecule has 1 unspecified atom stereocenters. The summed E-state index contributed by atoms with van der Waals surface area (Å²) in [6.07, 6.45) is 3.65. The first-order chi connectivity index (χ1) is 29.9. The lowest BCUT2D eigenvalue weighted by molar-refractivity contribution is -0.185. The second-order valence-electron chi connectivity index (χ2n) is 17.1. The largest absolute Gasteiger partial charge is 0.497 e. The molecule has 0 saturated carbocycles. The van der Waals surface area contributed by atoms with Crippen LogP contribution in [0, 0.1) is 23.7 Å². The van der Waals surface area contributed by atoms with Crippen LogP contribution in [0.1, 0.15) is 130 Å². The first kappa shape index (κ1) is 51.7. The quantitative estimate of drug-likeness (QED) is 0.0555. The van der Waals surface area contributed by atoms with E-state index in [1.54, 1.807) is 35.0 Å². The molecule has 0 aliphatic carbocycles. The Morgan fingerprint density at radius 3 is 1.51 bits per heavy atom. The van der Waals surface area contributed by atoms with Crippen molar-refractivity contribution in [2.75, 3.05) is 21.0 Å². The molecular formula is C51H68O12. The van der Waals surface area contributed by atoms with Crippen molar-refractivity contribution >= 4 is 51.4 Å². The van der Waals surface area contributed by atoms with Gasteiger partial charge in [0.25, 0.3) is 0 Å². The molecule has 0 bridgehead atoms. The van der Waals surface area contributed by atoms with Crippen LogP contribution in [-0.2, 0) is 42.9 Å². The summed E-state index contributed by atoms with van der Waals surface area (Å²) in [6, 6.07) is 23.0. The lowest BCUT2D eigenvalue weighted by Crippen LogP contribution is -2.24. The SMILES string of the molecule is CC[C@@H](CCC(=O)OC(C)OC(=O)[C@@H](C)c1ccc2cc(OC)ccc2c1)CC(C)C.COc1ccc2cc([C@H](C)C(=O)OCOC(=O)CC[C@H](CC(=O)O)CC(C)C)ccc2c1. The molecule has 1 N–H and O–H groups in total. The summed E-state index contributed by atoms with van der Waals surface area (Å²) in [5.74, 6) is -0.680. The van der Waals surface area contributed by atoms with E-state index in [-0.39, 0.29) is 24.7 Å². The zero-order chi connectivity index (χ0) is 46.6. The second kappa shape index (κ2) is 26.1. The van der Waals surface area contributed by atoms with Gasteiger partial charge >= 0.3 is 29.8 Å². The van der Waals surface area contributed by atoms with Crippen LogP contribution in [0.15, 0.2) is 72.8 Å². The van der Waals surface area contributed by atoms with Gasteiger partial charge in [-0.1, -0.05) is 89.6 Å². The van der Waals surface area contributed by atoms with Crippen molar-refractivity contribution in [2.24, 2.45) is 23.7 Å². The summed E-state index contributed by atoms with van der Waals surface area (Å²) in [5.41, 5.74) is 1.64. The summed E-state index contributed by atoms with van der Waals surface area (Å²) in [7, 11) is 3.25. The maximum absolute atomic E-state index is 12.6. The summed E-state index contributed by atoms with van der Waals surface area (Å²) in [6.45, 7) is 15.2. The molecular weight excluding hydrogens is 805 g/mol. The van der Waals surface area contributed by atoms with Crippen LogP contribution in [0.25, 0.3) is 21.5 Å². The van der Waals surface area contributed by atoms with Crippen LogP contribution >= 0.6 is 0 Å². The van der Waals surface area contributed by atoms with Gasteiger partial charge in [-0.25, -0.2) is 0 Å². The minimum atomic E-state index is -0.905. The van der Waals surface area contributed by atoms with Crippen LogP contribution in [0.5, 0.6) is 11.5 Å². The minimum Gasteiger partial charge on any atom is -0.497 e. The summed E-state index contributed by atoms with van der Waals surface area (Å²) in [4.78, 5) is 60.1. The number of ether oxygens (including phenoxy) is 6. The fourth-order valence-corrected chi connectivity index (χ4v) is 7.45. The van der Waals surface area contributed by atoms with Gasteiger partial charge in [-0.3, -0.25) is 24.0 Å². The van der Waals surface area contributed by atoms with E-state index in [9.17, 15) is 24.0 Å². The number of hydrogen-bond acceptors (Lipinski definition) is 11. The van der Waals surface area contributed by atoms with Gasteiger partial charge in [0.2, 0.25) is 13.1 Å². The molecule has 0 aliphatic rings. The van der Waals surface area contributed by atoms with E-state index >= 15 is 0 Å². The monoisotopic (exact) mass is 872 g/mol. The highest BCUT2D eigenvalue weighted by Crippen LogP contribution is 2.28. The molecule has 63 heavy (non-hydrogen) atoms. The van der Waals surface area contributed by atoms with Crippen LogP contribution in [0.3, 0.4) is 0 Å². The number of carbonyl (C=O) groups is 5. The number of rotatable bonds is 23. The van der Waals surface area contributed by atoms with Crippen molar-refractivity contribution in [1.82, 2.24) is 0 Å². The molecule has 344 valence electrons. The van der Waals surface area contributed by atoms with Crippen molar-refractivity contribution in [2.45, 2.75) is 125 Å². The zero-order valence-electron chi connectivity index (χ0n) is 38.8. The number of carboxylic acids is 1. The average Bonchev–Trinajstić information content (AvgIpc) is 3.25. The van der Waals surface area contributed by atoms with Crippen molar-refractivity contribution < 1.29 is 57.5 Å². The van der Waals surface area contributed by atoms with Gasteiger partial charge < -0.3 is 33.5 Å². The predicted molar refractivity (Wildman–Crippen MR) is 243 cm³/mol. The molecule has 0 radical (unpaired) electrons. The Balaban J connectivity index is 0.000000335. The summed E-state index contributed by atoms with van der Waals surface area (Å²) in [5, 5.41) is 13.0. The Morgan fingerprint density at radius 2 is 1.02 bits per heavy atom. The number of carboxylic acid groups (broad SMARTS) is 1. The van der Waals surface area contributed by atoms with Crippen molar-refractivity contribution in [3.8, 4) is 11.5 Å². The molecule has 0 spiro atoms. The van der Waals surface area contributed by atoms with E-state index in [4.69, 9.17) is 33.5 Å². The number of aliphatic carboxylic acids is 1. The van der Waals surface area contributed by atoms with E-state index < -0.39 is 48.8 Å². The molecule has 0 amide bonds. The van der Waals surface area contributed by atoms with Crippen molar-refractivity contribution in [3.05, 3.63) is 83.9 Å². The van der Waals surface area contributed by atoms with Crippen molar-refractivity contribution in [1.29, 1.82) is 0 Å². The lowest BCUT2D eigenvalue weighted by atomic mass is 9.90. The lowest BCUT2D eigenvalue weighted by Gasteiger charge is -2.19. The van der Waals surface area contributed by atoms with Gasteiger partial charge in [0.15, 0.2) is 0 Å². The Hall–Kier alpha value is -5.65. The summed E-state index contributed by atoms with van der Waals surface area (Å²) >= 11 is 0. The Bertz CT molecular complexity index is 2110. The first-order valence-electron chi connectivity index (χ1n) is 22.0. The number of carbonyl (C=O) groups excluding carboxylic acids is 4. The molecule has 0 heterocycles. The molecule has 4 aromatic carbocycles. The standard InChI is InChI=1S/C26H36O5.C25H32O7/c1-7-20(14-17(2)3)8-13-25(27)30-19(5)31-26(28)18(4)21-9-10-23-16-24(29-6)12-11-22(23)15-21;1-16(2)11-18(12-23(26)27)5-10-24(28)31-15-32-25(29)17(3)19-6-7-21-14-22(30-4)9-8-20(21)13-19/h9-12,15-20H,7-8,13-14H2,1-6H3;6-9,13-14,16-18H,5,10-12,15H2,1-4H3,(H,26,27)/t18-,19?,20-;17-,18-/m00/s1. The molecule has 12 nitrogen and oxygen atoms in total. The molecule has 0 fully saturated rings. The van der Waals surface area contributed by atoms with Gasteiger partial charge in [-0.2, -0.15) is 0 Å². The van der Waals surface area contributed by atoms with Crippen molar-refractivity contribution in [3.63, 3.8) is 0 Å². The third-order valence-electron chi connectivity index (χ3n) is 11.0. The van der Waals surface area contributed by atoms with Gasteiger partial charge in [-0.15, -0.1) is 0 Å². The van der Waals surface area contributed by atoms with E-state index in [1.807, 2.05) is 86.6 Å². The molecule has 0 aromatic heterocycles. The Kier molecular flexibility index (Phi) is 21.4. The van der Waals surface area contributed by atoms with Crippen LogP contribution in [-0.4, -0.2) is 62.3 Å². The van der Waals surface area contributed by atoms with E-state index in [1.165, 1.54) is 0 Å².